The first kappa shape index (κ1) is 25.6. The molecular formula is C29H27FO5. The van der Waals surface area contributed by atoms with Crippen molar-refractivity contribution in [1.29, 1.82) is 0 Å². The van der Waals surface area contributed by atoms with Gasteiger partial charge < -0.3 is 14.6 Å². The van der Waals surface area contributed by atoms with E-state index in [-0.39, 0.29) is 12.4 Å². The van der Waals surface area contributed by atoms with Crippen molar-refractivity contribution in [3.05, 3.63) is 108 Å². The van der Waals surface area contributed by atoms with Crippen molar-refractivity contribution < 1.29 is 28.6 Å². The summed E-state index contributed by atoms with van der Waals surface area (Å²) in [7, 11) is 0. The highest BCUT2D eigenvalue weighted by molar-refractivity contribution is 5.84. The van der Waals surface area contributed by atoms with Gasteiger partial charge in [-0.25, -0.2) is 14.0 Å². The molecule has 0 radical (unpaired) electrons. The van der Waals surface area contributed by atoms with E-state index in [0.29, 0.717) is 48.3 Å². The van der Waals surface area contributed by atoms with Gasteiger partial charge >= 0.3 is 11.9 Å². The van der Waals surface area contributed by atoms with Crippen LogP contribution >= 0.6 is 0 Å². The molecular weight excluding hydrogens is 447 g/mol. The van der Waals surface area contributed by atoms with E-state index in [0.717, 1.165) is 28.8 Å². The molecule has 0 unspecified atom stereocenters. The van der Waals surface area contributed by atoms with Crippen LogP contribution in [0.5, 0.6) is 11.5 Å². The highest BCUT2D eigenvalue weighted by atomic mass is 19.1. The number of hydrogen-bond donors (Lipinski definition) is 1. The first-order valence-corrected chi connectivity index (χ1v) is 11.2. The molecule has 0 amide bonds. The Bertz CT molecular complexity index is 1210. The van der Waals surface area contributed by atoms with Gasteiger partial charge in [-0.2, -0.15) is 0 Å². The Morgan fingerprint density at radius 3 is 2.14 bits per heavy atom. The van der Waals surface area contributed by atoms with Crippen molar-refractivity contribution in [3.63, 3.8) is 0 Å². The van der Waals surface area contributed by atoms with Crippen molar-refractivity contribution in [2.24, 2.45) is 0 Å². The van der Waals surface area contributed by atoms with E-state index in [9.17, 15) is 9.59 Å². The number of carbonyl (C=O) groups excluding carboxylic acids is 2. The number of aliphatic hydroxyl groups is 1. The molecule has 0 atom stereocenters. The van der Waals surface area contributed by atoms with Gasteiger partial charge in [0.05, 0.1) is 0 Å². The Morgan fingerprint density at radius 2 is 1.49 bits per heavy atom. The first-order chi connectivity index (χ1) is 16.9. The standard InChI is InChI=1S/C29H27FO5/c1-3-28(32)34-24-14-9-20(10-15-24)7-8-21-11-16-25(26(30)18-21)23-13-12-22(6-5-17-31)27(19-23)35-29(33)4-2/h3-4,9-16,18-19,31H,1-2,5-8,17H2. The maximum Gasteiger partial charge on any atom is 0.335 e. The Labute approximate surface area is 204 Å². The van der Waals surface area contributed by atoms with Crippen molar-refractivity contribution >= 4 is 11.9 Å². The zero-order valence-corrected chi connectivity index (χ0v) is 19.3. The third-order valence-electron chi connectivity index (χ3n) is 5.40. The maximum absolute atomic E-state index is 15.0. The number of carbonyl (C=O) groups is 2. The van der Waals surface area contributed by atoms with E-state index in [1.165, 1.54) is 6.07 Å². The fourth-order valence-corrected chi connectivity index (χ4v) is 3.56. The third-order valence-corrected chi connectivity index (χ3v) is 5.40. The molecule has 0 aliphatic heterocycles. The number of benzene rings is 3. The summed E-state index contributed by atoms with van der Waals surface area (Å²) in [6.45, 7) is 6.79. The predicted octanol–water partition coefficient (Wildman–Crippen LogP) is 5.39. The van der Waals surface area contributed by atoms with Gasteiger partial charge in [0.1, 0.15) is 17.3 Å². The lowest BCUT2D eigenvalue weighted by Crippen LogP contribution is -2.06. The highest BCUT2D eigenvalue weighted by Crippen LogP contribution is 2.31. The summed E-state index contributed by atoms with van der Waals surface area (Å²) in [6, 6.07) is 17.4. The van der Waals surface area contributed by atoms with Crippen molar-refractivity contribution in [2.75, 3.05) is 6.61 Å². The average Bonchev–Trinajstić information content (AvgIpc) is 2.87. The summed E-state index contributed by atoms with van der Waals surface area (Å²) < 4.78 is 25.4. The smallest absolute Gasteiger partial charge is 0.335 e. The lowest BCUT2D eigenvalue weighted by atomic mass is 9.97. The summed E-state index contributed by atoms with van der Waals surface area (Å²) >= 11 is 0. The number of hydrogen-bond acceptors (Lipinski definition) is 5. The van der Waals surface area contributed by atoms with Gasteiger partial charge in [-0.05, 0) is 72.2 Å². The van der Waals surface area contributed by atoms with Crippen LogP contribution in [-0.4, -0.2) is 23.7 Å². The van der Waals surface area contributed by atoms with Crippen molar-refractivity contribution in [3.8, 4) is 22.6 Å². The molecule has 0 aromatic heterocycles. The van der Waals surface area contributed by atoms with Gasteiger partial charge in [0, 0.05) is 24.3 Å². The monoisotopic (exact) mass is 474 g/mol. The van der Waals surface area contributed by atoms with E-state index in [2.05, 4.69) is 13.2 Å². The van der Waals surface area contributed by atoms with Gasteiger partial charge in [0.25, 0.3) is 0 Å². The number of aliphatic hydroxyl groups excluding tert-OH is 1. The van der Waals surface area contributed by atoms with Crippen LogP contribution in [0.2, 0.25) is 0 Å². The second kappa shape index (κ2) is 12.4. The molecule has 0 bridgehead atoms. The molecule has 0 saturated heterocycles. The highest BCUT2D eigenvalue weighted by Gasteiger charge is 2.13. The second-order valence-corrected chi connectivity index (χ2v) is 7.86. The van der Waals surface area contributed by atoms with E-state index in [1.807, 2.05) is 18.2 Å². The minimum Gasteiger partial charge on any atom is -0.423 e. The maximum atomic E-state index is 15.0. The largest absolute Gasteiger partial charge is 0.423 e. The lowest BCUT2D eigenvalue weighted by Gasteiger charge is -2.12. The predicted molar refractivity (Wildman–Crippen MR) is 133 cm³/mol. The molecule has 0 aliphatic rings. The third kappa shape index (κ3) is 7.22. The summed E-state index contributed by atoms with van der Waals surface area (Å²) in [5, 5.41) is 9.12. The van der Waals surface area contributed by atoms with Gasteiger partial charge in [-0.1, -0.05) is 49.6 Å². The van der Waals surface area contributed by atoms with Crippen LogP contribution in [0, 0.1) is 5.82 Å². The molecule has 0 spiro atoms. The quantitative estimate of drug-likeness (QED) is 0.229. The van der Waals surface area contributed by atoms with Crippen LogP contribution in [0.15, 0.2) is 86.0 Å². The number of ether oxygens (including phenoxy) is 2. The zero-order valence-electron chi connectivity index (χ0n) is 19.3. The van der Waals surface area contributed by atoms with Crippen LogP contribution in [0.4, 0.5) is 4.39 Å². The molecule has 1 N–H and O–H groups in total. The number of rotatable bonds is 11. The molecule has 180 valence electrons. The molecule has 0 fully saturated rings. The van der Waals surface area contributed by atoms with E-state index < -0.39 is 11.9 Å². The molecule has 3 rings (SSSR count). The van der Waals surface area contributed by atoms with Crippen molar-refractivity contribution in [2.45, 2.75) is 25.7 Å². The topological polar surface area (TPSA) is 72.8 Å². The summed E-state index contributed by atoms with van der Waals surface area (Å²) in [5.74, 6) is -0.728. The van der Waals surface area contributed by atoms with Crippen LogP contribution in [0.25, 0.3) is 11.1 Å². The fourth-order valence-electron chi connectivity index (χ4n) is 3.56. The molecule has 5 nitrogen and oxygen atoms in total. The molecule has 3 aromatic rings. The van der Waals surface area contributed by atoms with Gasteiger partial charge in [-0.3, -0.25) is 0 Å². The Hall–Kier alpha value is -4.03. The normalized spacial score (nSPS) is 10.5. The minimum atomic E-state index is -0.602. The van der Waals surface area contributed by atoms with E-state index >= 15 is 4.39 Å². The second-order valence-electron chi connectivity index (χ2n) is 7.86. The fraction of sp³-hybridized carbons (Fsp3) is 0.172. The number of esters is 2. The summed E-state index contributed by atoms with van der Waals surface area (Å²) in [4.78, 5) is 23.0. The van der Waals surface area contributed by atoms with Crippen LogP contribution in [0.3, 0.4) is 0 Å². The molecule has 35 heavy (non-hydrogen) atoms. The van der Waals surface area contributed by atoms with Gasteiger partial charge in [0.2, 0.25) is 0 Å². The first-order valence-electron chi connectivity index (χ1n) is 11.2. The molecule has 0 saturated carbocycles. The van der Waals surface area contributed by atoms with E-state index in [1.54, 1.807) is 36.4 Å². The Morgan fingerprint density at radius 1 is 0.829 bits per heavy atom. The molecule has 0 aliphatic carbocycles. The van der Waals surface area contributed by atoms with E-state index in [4.69, 9.17) is 14.6 Å². The van der Waals surface area contributed by atoms with Crippen LogP contribution in [-0.2, 0) is 28.9 Å². The Balaban J connectivity index is 1.73. The summed E-state index contributed by atoms with van der Waals surface area (Å²) in [5.41, 5.74) is 3.59. The molecule has 6 heteroatoms. The number of halogens is 1. The minimum absolute atomic E-state index is 0.0135. The van der Waals surface area contributed by atoms with Gasteiger partial charge in [-0.15, -0.1) is 0 Å². The SMILES string of the molecule is C=CC(=O)Oc1ccc(CCc2ccc(-c3ccc(CCCO)c(OC(=O)C=C)c3)c(F)c2)cc1. The van der Waals surface area contributed by atoms with Crippen LogP contribution < -0.4 is 9.47 Å². The average molecular weight is 475 g/mol. The molecule has 0 heterocycles. The molecule has 3 aromatic carbocycles. The number of aryl methyl sites for hydroxylation is 3. The lowest BCUT2D eigenvalue weighted by molar-refractivity contribution is -0.129. The van der Waals surface area contributed by atoms with Crippen LogP contribution in [0.1, 0.15) is 23.1 Å². The zero-order chi connectivity index (χ0) is 25.2. The van der Waals surface area contributed by atoms with Crippen molar-refractivity contribution in [1.82, 2.24) is 0 Å². The summed E-state index contributed by atoms with van der Waals surface area (Å²) in [6.07, 6.45) is 4.53. The Kier molecular flexibility index (Phi) is 9.09. The van der Waals surface area contributed by atoms with Gasteiger partial charge in [0.15, 0.2) is 0 Å².